The molecule has 0 aromatic carbocycles. The molecule has 5 nitrogen and oxygen atoms in total. The van der Waals surface area contributed by atoms with Gasteiger partial charge in [0.15, 0.2) is 0 Å². The van der Waals surface area contributed by atoms with Gasteiger partial charge in [-0.25, -0.2) is 9.59 Å². The number of terminal acetylenes is 1. The highest BCUT2D eigenvalue weighted by molar-refractivity contribution is 5.82. The number of urea groups is 1. The molecular formula is C12H18N2O3. The Morgan fingerprint density at radius 1 is 1.65 bits per heavy atom. The predicted molar refractivity (Wildman–Crippen MR) is 63.4 cm³/mol. The number of amides is 2. The average Bonchev–Trinajstić information content (AvgIpc) is 2.28. The second kappa shape index (κ2) is 6.14. The number of carboxylic acid groups (broad SMARTS) is 1. The summed E-state index contributed by atoms with van der Waals surface area (Å²) in [5, 5.41) is 11.3. The molecule has 1 saturated heterocycles. The molecule has 2 atom stereocenters. The van der Waals surface area contributed by atoms with Crippen molar-refractivity contribution in [1.82, 2.24) is 10.2 Å². The van der Waals surface area contributed by atoms with Crippen molar-refractivity contribution in [3.8, 4) is 12.3 Å². The molecule has 0 bridgehead atoms. The Balaban J connectivity index is 2.52. The molecule has 0 aromatic rings. The van der Waals surface area contributed by atoms with E-state index in [1.807, 2.05) is 0 Å². The third-order valence-corrected chi connectivity index (χ3v) is 2.86. The second-order valence-corrected chi connectivity index (χ2v) is 4.44. The van der Waals surface area contributed by atoms with E-state index in [9.17, 15) is 9.59 Å². The third kappa shape index (κ3) is 3.99. The molecule has 0 aliphatic carbocycles. The van der Waals surface area contributed by atoms with Crippen LogP contribution in [0.25, 0.3) is 0 Å². The Hall–Kier alpha value is -1.70. The van der Waals surface area contributed by atoms with Crippen molar-refractivity contribution in [2.45, 2.75) is 32.2 Å². The van der Waals surface area contributed by atoms with Gasteiger partial charge in [0.1, 0.15) is 6.04 Å². The number of carboxylic acids is 1. The SMILES string of the molecule is C#CCC(NC(=O)N1CCCC(C)C1)C(=O)O. The van der Waals surface area contributed by atoms with Crippen LogP contribution in [0.1, 0.15) is 26.2 Å². The van der Waals surface area contributed by atoms with Crippen LogP contribution in [-0.4, -0.2) is 41.1 Å². The van der Waals surface area contributed by atoms with E-state index in [2.05, 4.69) is 18.2 Å². The zero-order valence-electron chi connectivity index (χ0n) is 9.98. The van der Waals surface area contributed by atoms with E-state index >= 15 is 0 Å². The van der Waals surface area contributed by atoms with Gasteiger partial charge in [-0.2, -0.15) is 0 Å². The van der Waals surface area contributed by atoms with Gasteiger partial charge in [-0.15, -0.1) is 12.3 Å². The Kier molecular flexibility index (Phi) is 4.83. The van der Waals surface area contributed by atoms with Crippen LogP contribution in [-0.2, 0) is 4.79 Å². The van der Waals surface area contributed by atoms with Gasteiger partial charge < -0.3 is 15.3 Å². The normalized spacial score (nSPS) is 21.4. The number of likely N-dealkylation sites (tertiary alicyclic amines) is 1. The number of piperidine rings is 1. The van der Waals surface area contributed by atoms with Gasteiger partial charge in [0.2, 0.25) is 0 Å². The van der Waals surface area contributed by atoms with Gasteiger partial charge in [0.05, 0.1) is 0 Å². The van der Waals surface area contributed by atoms with Gasteiger partial charge in [-0.3, -0.25) is 0 Å². The summed E-state index contributed by atoms with van der Waals surface area (Å²) in [6.07, 6.45) is 7.14. The summed E-state index contributed by atoms with van der Waals surface area (Å²) in [6.45, 7) is 3.43. The molecule has 2 unspecified atom stereocenters. The number of hydrogen-bond acceptors (Lipinski definition) is 2. The summed E-state index contributed by atoms with van der Waals surface area (Å²) in [4.78, 5) is 24.3. The van der Waals surface area contributed by atoms with Crippen molar-refractivity contribution in [1.29, 1.82) is 0 Å². The van der Waals surface area contributed by atoms with Crippen LogP contribution >= 0.6 is 0 Å². The molecule has 0 spiro atoms. The monoisotopic (exact) mass is 238 g/mol. The summed E-state index contributed by atoms with van der Waals surface area (Å²) in [6, 6.07) is -1.33. The predicted octanol–water partition coefficient (Wildman–Crippen LogP) is 0.904. The van der Waals surface area contributed by atoms with Crippen molar-refractivity contribution in [2.75, 3.05) is 13.1 Å². The van der Waals surface area contributed by atoms with Crippen LogP contribution in [0.15, 0.2) is 0 Å². The fourth-order valence-electron chi connectivity index (χ4n) is 1.93. The molecule has 1 fully saturated rings. The topological polar surface area (TPSA) is 69.6 Å². The van der Waals surface area contributed by atoms with Crippen LogP contribution in [0, 0.1) is 18.3 Å². The van der Waals surface area contributed by atoms with Gasteiger partial charge in [0.25, 0.3) is 0 Å². The van der Waals surface area contributed by atoms with E-state index in [0.717, 1.165) is 12.8 Å². The summed E-state index contributed by atoms with van der Waals surface area (Å²) in [7, 11) is 0. The van der Waals surface area contributed by atoms with E-state index in [1.165, 1.54) is 0 Å². The maximum absolute atomic E-state index is 11.8. The van der Waals surface area contributed by atoms with E-state index < -0.39 is 12.0 Å². The summed E-state index contributed by atoms with van der Waals surface area (Å²) in [5.41, 5.74) is 0. The van der Waals surface area contributed by atoms with Crippen LogP contribution < -0.4 is 5.32 Å². The molecule has 2 N–H and O–H groups in total. The molecular weight excluding hydrogens is 220 g/mol. The smallest absolute Gasteiger partial charge is 0.327 e. The summed E-state index contributed by atoms with van der Waals surface area (Å²) < 4.78 is 0. The van der Waals surface area contributed by atoms with Gasteiger partial charge in [0, 0.05) is 19.5 Å². The zero-order chi connectivity index (χ0) is 12.8. The largest absolute Gasteiger partial charge is 0.480 e. The highest BCUT2D eigenvalue weighted by Gasteiger charge is 2.25. The minimum absolute atomic E-state index is 0.00443. The minimum Gasteiger partial charge on any atom is -0.480 e. The number of carbonyl (C=O) groups excluding carboxylic acids is 1. The number of rotatable bonds is 3. The number of hydrogen-bond donors (Lipinski definition) is 2. The third-order valence-electron chi connectivity index (χ3n) is 2.86. The van der Waals surface area contributed by atoms with Crippen molar-refractivity contribution < 1.29 is 14.7 Å². The number of aliphatic carboxylic acids is 1. The first-order valence-electron chi connectivity index (χ1n) is 5.76. The molecule has 94 valence electrons. The Labute approximate surface area is 101 Å². The van der Waals surface area contributed by atoms with E-state index in [0.29, 0.717) is 19.0 Å². The molecule has 1 heterocycles. The van der Waals surface area contributed by atoms with Crippen molar-refractivity contribution >= 4 is 12.0 Å². The lowest BCUT2D eigenvalue weighted by molar-refractivity contribution is -0.139. The van der Waals surface area contributed by atoms with E-state index in [1.54, 1.807) is 4.90 Å². The molecule has 1 rings (SSSR count). The average molecular weight is 238 g/mol. The molecule has 0 aromatic heterocycles. The first kappa shape index (κ1) is 13.4. The first-order valence-corrected chi connectivity index (χ1v) is 5.76. The lowest BCUT2D eigenvalue weighted by atomic mass is 10.0. The second-order valence-electron chi connectivity index (χ2n) is 4.44. The van der Waals surface area contributed by atoms with Crippen LogP contribution in [0.5, 0.6) is 0 Å². The standard InChI is InChI=1S/C12H18N2O3/c1-3-5-10(11(15)16)13-12(17)14-7-4-6-9(2)8-14/h1,9-10H,4-8H2,2H3,(H,13,17)(H,15,16). The lowest BCUT2D eigenvalue weighted by Gasteiger charge is -2.31. The lowest BCUT2D eigenvalue weighted by Crippen LogP contribution is -2.50. The molecule has 2 amide bonds. The van der Waals surface area contributed by atoms with Crippen LogP contribution in [0.2, 0.25) is 0 Å². The Bertz CT molecular complexity index is 335. The van der Waals surface area contributed by atoms with Gasteiger partial charge in [-0.1, -0.05) is 6.92 Å². The highest BCUT2D eigenvalue weighted by Crippen LogP contribution is 2.15. The van der Waals surface area contributed by atoms with Crippen molar-refractivity contribution in [3.05, 3.63) is 0 Å². The summed E-state index contributed by atoms with van der Waals surface area (Å²) in [5.74, 6) is 1.62. The summed E-state index contributed by atoms with van der Waals surface area (Å²) >= 11 is 0. The molecule has 0 radical (unpaired) electrons. The molecule has 1 aliphatic heterocycles. The van der Waals surface area contributed by atoms with Gasteiger partial charge >= 0.3 is 12.0 Å². The maximum atomic E-state index is 11.8. The fraction of sp³-hybridized carbons (Fsp3) is 0.667. The highest BCUT2D eigenvalue weighted by atomic mass is 16.4. The van der Waals surface area contributed by atoms with E-state index in [4.69, 9.17) is 11.5 Å². The molecule has 5 heteroatoms. The Morgan fingerprint density at radius 2 is 2.35 bits per heavy atom. The van der Waals surface area contributed by atoms with Crippen molar-refractivity contribution in [3.63, 3.8) is 0 Å². The van der Waals surface area contributed by atoms with Crippen molar-refractivity contribution in [2.24, 2.45) is 5.92 Å². The molecule has 0 saturated carbocycles. The first-order chi connectivity index (χ1) is 8.04. The quantitative estimate of drug-likeness (QED) is 0.718. The van der Waals surface area contributed by atoms with Gasteiger partial charge in [-0.05, 0) is 18.8 Å². The van der Waals surface area contributed by atoms with Crippen LogP contribution in [0.4, 0.5) is 4.79 Å². The van der Waals surface area contributed by atoms with E-state index in [-0.39, 0.29) is 12.5 Å². The number of nitrogens with zero attached hydrogens (tertiary/aromatic N) is 1. The van der Waals surface area contributed by atoms with Crippen LogP contribution in [0.3, 0.4) is 0 Å². The minimum atomic E-state index is -1.10. The fourth-order valence-corrected chi connectivity index (χ4v) is 1.93. The Morgan fingerprint density at radius 3 is 2.88 bits per heavy atom. The number of carbonyl (C=O) groups is 2. The molecule has 17 heavy (non-hydrogen) atoms. The molecule has 1 aliphatic rings. The number of nitrogens with one attached hydrogen (secondary N) is 1. The zero-order valence-corrected chi connectivity index (χ0v) is 9.98. The maximum Gasteiger partial charge on any atom is 0.327 e.